The molecule has 0 saturated carbocycles. The minimum Gasteiger partial charge on any atom is -0.398 e. The number of sulfonamides is 1. The fourth-order valence-electron chi connectivity index (χ4n) is 1.97. The van der Waals surface area contributed by atoms with Gasteiger partial charge in [-0.15, -0.1) is 0 Å². The molecule has 0 radical (unpaired) electrons. The summed E-state index contributed by atoms with van der Waals surface area (Å²) >= 11 is 0. The van der Waals surface area contributed by atoms with Gasteiger partial charge in [-0.05, 0) is 24.6 Å². The van der Waals surface area contributed by atoms with Gasteiger partial charge in [0.15, 0.2) is 0 Å². The Morgan fingerprint density at radius 3 is 2.52 bits per heavy atom. The van der Waals surface area contributed by atoms with E-state index in [0.717, 1.165) is 17.0 Å². The minimum absolute atomic E-state index is 0.114. The molecule has 1 heterocycles. The second kappa shape index (κ2) is 5.08. The van der Waals surface area contributed by atoms with Crippen LogP contribution >= 0.6 is 0 Å². The molecule has 2 rings (SSSR count). The van der Waals surface area contributed by atoms with Crippen molar-refractivity contribution in [3.8, 4) is 0 Å². The Hall–Kier alpha value is -2.00. The molecule has 1 fully saturated rings. The van der Waals surface area contributed by atoms with Crippen LogP contribution in [0.1, 0.15) is 12.0 Å². The number of aryl methyl sites for hydroxylation is 1. The molecule has 0 bridgehead atoms. The quantitative estimate of drug-likeness (QED) is 0.590. The summed E-state index contributed by atoms with van der Waals surface area (Å²) in [6, 6.07) is 0.754. The number of likely N-dealkylation sites (N-methyl/N-ethyl adjacent to an activating group) is 1. The van der Waals surface area contributed by atoms with E-state index in [1.54, 1.807) is 0 Å². The van der Waals surface area contributed by atoms with Crippen molar-refractivity contribution < 1.29 is 22.4 Å². The minimum atomic E-state index is -4.30. The number of carbonyl (C=O) groups excluding carboxylic acids is 2. The summed E-state index contributed by atoms with van der Waals surface area (Å²) in [6.45, 7) is 1.54. The number of nitrogens with zero attached hydrogens (tertiary/aromatic N) is 1. The smallest absolute Gasteiger partial charge is 0.247 e. The van der Waals surface area contributed by atoms with Gasteiger partial charge >= 0.3 is 0 Å². The van der Waals surface area contributed by atoms with Crippen LogP contribution in [0, 0.1) is 12.7 Å². The van der Waals surface area contributed by atoms with Crippen molar-refractivity contribution in [1.82, 2.24) is 9.62 Å². The van der Waals surface area contributed by atoms with E-state index < -0.39 is 38.6 Å². The summed E-state index contributed by atoms with van der Waals surface area (Å²) in [7, 11) is -3.04. The number of nitrogens with two attached hydrogens (primary N) is 1. The Labute approximate surface area is 121 Å². The van der Waals surface area contributed by atoms with Crippen LogP contribution in [0.25, 0.3) is 0 Å². The van der Waals surface area contributed by atoms with Crippen LogP contribution in [0.2, 0.25) is 0 Å². The van der Waals surface area contributed by atoms with E-state index in [1.807, 2.05) is 4.72 Å². The zero-order valence-corrected chi connectivity index (χ0v) is 12.2. The van der Waals surface area contributed by atoms with Crippen LogP contribution < -0.4 is 10.5 Å². The SMILES string of the molecule is Cc1cc(F)c(S(=O)(=O)NC2CC(=O)N(C)C2=O)cc1N. The highest BCUT2D eigenvalue weighted by Crippen LogP contribution is 2.22. The van der Waals surface area contributed by atoms with Crippen molar-refractivity contribution in [2.24, 2.45) is 0 Å². The third-order valence-corrected chi connectivity index (χ3v) is 4.78. The second-order valence-corrected chi connectivity index (χ2v) is 6.49. The summed E-state index contributed by atoms with van der Waals surface area (Å²) < 4.78 is 40.1. The Balaban J connectivity index is 2.34. The molecular weight excluding hydrogens is 301 g/mol. The van der Waals surface area contributed by atoms with Gasteiger partial charge in [-0.2, -0.15) is 4.72 Å². The van der Waals surface area contributed by atoms with E-state index in [1.165, 1.54) is 14.0 Å². The lowest BCUT2D eigenvalue weighted by Crippen LogP contribution is -2.40. The van der Waals surface area contributed by atoms with Gasteiger partial charge in [-0.3, -0.25) is 14.5 Å². The van der Waals surface area contributed by atoms with Gasteiger partial charge in [0, 0.05) is 12.7 Å². The first-order chi connectivity index (χ1) is 9.63. The number of benzene rings is 1. The highest BCUT2D eigenvalue weighted by atomic mass is 32.2. The van der Waals surface area contributed by atoms with Gasteiger partial charge in [-0.1, -0.05) is 0 Å². The normalized spacial score (nSPS) is 19.4. The Bertz CT molecular complexity index is 732. The van der Waals surface area contributed by atoms with Crippen molar-refractivity contribution in [2.45, 2.75) is 24.3 Å². The van der Waals surface area contributed by atoms with Crippen molar-refractivity contribution in [3.63, 3.8) is 0 Å². The van der Waals surface area contributed by atoms with Gasteiger partial charge in [0.1, 0.15) is 16.8 Å². The van der Waals surface area contributed by atoms with Gasteiger partial charge in [0.05, 0.1) is 6.42 Å². The molecule has 0 aliphatic carbocycles. The number of halogens is 1. The zero-order valence-electron chi connectivity index (χ0n) is 11.4. The molecule has 21 heavy (non-hydrogen) atoms. The van der Waals surface area contributed by atoms with Crippen molar-refractivity contribution in [1.29, 1.82) is 0 Å². The number of anilines is 1. The molecule has 9 heteroatoms. The molecule has 1 aliphatic rings. The van der Waals surface area contributed by atoms with Gasteiger partial charge in [-0.25, -0.2) is 12.8 Å². The molecule has 1 aromatic carbocycles. The molecule has 2 amide bonds. The summed E-state index contributed by atoms with van der Waals surface area (Å²) in [5.41, 5.74) is 6.09. The third kappa shape index (κ3) is 2.74. The third-order valence-electron chi connectivity index (χ3n) is 3.29. The fraction of sp³-hybridized carbons (Fsp3) is 0.333. The highest BCUT2D eigenvalue weighted by molar-refractivity contribution is 7.89. The van der Waals surface area contributed by atoms with Crippen LogP contribution in [-0.4, -0.2) is 38.2 Å². The van der Waals surface area contributed by atoms with E-state index in [9.17, 15) is 22.4 Å². The zero-order chi connectivity index (χ0) is 15.9. The maximum absolute atomic E-state index is 13.8. The summed E-state index contributed by atoms with van der Waals surface area (Å²) in [5.74, 6) is -2.15. The molecule has 0 aromatic heterocycles. The molecule has 1 saturated heterocycles. The number of rotatable bonds is 3. The van der Waals surface area contributed by atoms with Crippen LogP contribution in [0.5, 0.6) is 0 Å². The second-order valence-electron chi connectivity index (χ2n) is 4.81. The van der Waals surface area contributed by atoms with E-state index in [0.29, 0.717) is 5.56 Å². The molecule has 1 unspecified atom stereocenters. The summed E-state index contributed by atoms with van der Waals surface area (Å²) in [4.78, 5) is 23.2. The Morgan fingerprint density at radius 1 is 1.38 bits per heavy atom. The number of nitrogens with one attached hydrogen (secondary N) is 1. The van der Waals surface area contributed by atoms with Crippen molar-refractivity contribution in [2.75, 3.05) is 12.8 Å². The van der Waals surface area contributed by atoms with E-state index >= 15 is 0 Å². The van der Waals surface area contributed by atoms with Crippen LogP contribution in [0.15, 0.2) is 17.0 Å². The monoisotopic (exact) mass is 315 g/mol. The van der Waals surface area contributed by atoms with Crippen molar-refractivity contribution >= 4 is 27.5 Å². The van der Waals surface area contributed by atoms with Crippen LogP contribution in [0.3, 0.4) is 0 Å². The highest BCUT2D eigenvalue weighted by Gasteiger charge is 2.39. The van der Waals surface area contributed by atoms with Crippen LogP contribution in [-0.2, 0) is 19.6 Å². The van der Waals surface area contributed by atoms with Gasteiger partial charge in [0.2, 0.25) is 21.8 Å². The Morgan fingerprint density at radius 2 is 2.00 bits per heavy atom. The first kappa shape index (κ1) is 15.4. The number of nitrogen functional groups attached to an aromatic ring is 1. The number of imide groups is 1. The first-order valence-electron chi connectivity index (χ1n) is 6.02. The van der Waals surface area contributed by atoms with Gasteiger partial charge in [0.25, 0.3) is 0 Å². The fourth-order valence-corrected chi connectivity index (χ4v) is 3.26. The molecule has 1 aromatic rings. The lowest BCUT2D eigenvalue weighted by Gasteiger charge is -2.13. The van der Waals surface area contributed by atoms with E-state index in [-0.39, 0.29) is 12.1 Å². The van der Waals surface area contributed by atoms with Crippen LogP contribution in [0.4, 0.5) is 10.1 Å². The number of likely N-dealkylation sites (tertiary alicyclic amines) is 1. The predicted molar refractivity (Wildman–Crippen MR) is 72.1 cm³/mol. The van der Waals surface area contributed by atoms with E-state index in [2.05, 4.69) is 0 Å². The van der Waals surface area contributed by atoms with E-state index in [4.69, 9.17) is 5.73 Å². The average molecular weight is 315 g/mol. The predicted octanol–water partition coefficient (Wildman–Crippen LogP) is -0.248. The van der Waals surface area contributed by atoms with Crippen molar-refractivity contribution in [3.05, 3.63) is 23.5 Å². The molecular formula is C12H14FN3O4S. The number of carbonyl (C=O) groups is 2. The lowest BCUT2D eigenvalue weighted by molar-refractivity contribution is -0.137. The molecule has 7 nitrogen and oxygen atoms in total. The lowest BCUT2D eigenvalue weighted by atomic mass is 10.2. The molecule has 3 N–H and O–H groups in total. The van der Waals surface area contributed by atoms with Gasteiger partial charge < -0.3 is 5.73 Å². The maximum atomic E-state index is 13.8. The first-order valence-corrected chi connectivity index (χ1v) is 7.50. The largest absolute Gasteiger partial charge is 0.398 e. The Kier molecular flexibility index (Phi) is 3.72. The molecule has 114 valence electrons. The standard InChI is InChI=1S/C12H14FN3O4S/c1-6-3-7(13)10(4-8(6)14)21(19,20)15-9-5-11(17)16(2)12(9)18/h3-4,9,15H,5,14H2,1-2H3. The maximum Gasteiger partial charge on any atom is 0.247 e. The summed E-state index contributed by atoms with van der Waals surface area (Å²) in [5, 5.41) is 0. The summed E-state index contributed by atoms with van der Waals surface area (Å²) in [6.07, 6.45) is -0.294. The average Bonchev–Trinajstić information content (AvgIpc) is 2.61. The number of hydrogen-bond donors (Lipinski definition) is 2. The number of hydrogen-bond acceptors (Lipinski definition) is 5. The topological polar surface area (TPSA) is 110 Å². The molecule has 1 aliphatic heterocycles. The molecule has 0 spiro atoms. The molecule has 1 atom stereocenters. The number of amides is 2.